The van der Waals surface area contributed by atoms with Crippen molar-refractivity contribution >= 4 is 16.1 Å². The van der Waals surface area contributed by atoms with E-state index in [2.05, 4.69) is 0 Å². The van der Waals surface area contributed by atoms with Crippen molar-refractivity contribution in [1.82, 2.24) is 0 Å². The van der Waals surface area contributed by atoms with Crippen molar-refractivity contribution in [2.75, 3.05) is 18.6 Å². The van der Waals surface area contributed by atoms with Crippen LogP contribution in [0.3, 0.4) is 0 Å². The number of hydrogen-bond acceptors (Lipinski definition) is 4. The van der Waals surface area contributed by atoms with Gasteiger partial charge in [0, 0.05) is 7.11 Å². The fourth-order valence-electron chi connectivity index (χ4n) is 1.25. The summed E-state index contributed by atoms with van der Waals surface area (Å²) < 4.78 is 27.0. The van der Waals surface area contributed by atoms with Crippen LogP contribution >= 0.6 is 0 Å². The van der Waals surface area contributed by atoms with E-state index in [4.69, 9.17) is 4.74 Å². The molecule has 0 aliphatic carbocycles. The summed E-state index contributed by atoms with van der Waals surface area (Å²) in [5, 5.41) is 0. The fraction of sp³-hybridized carbons (Fsp3) is 0.857. The highest BCUT2D eigenvalue weighted by Crippen LogP contribution is 2.24. The molecule has 0 bridgehead atoms. The van der Waals surface area contributed by atoms with Gasteiger partial charge in [0.15, 0.2) is 16.1 Å². The van der Waals surface area contributed by atoms with E-state index >= 15 is 0 Å². The topological polar surface area (TPSA) is 60.4 Å². The Morgan fingerprint density at radius 3 is 2.17 bits per heavy atom. The molecule has 0 unspecified atom stereocenters. The second-order valence-electron chi connectivity index (χ2n) is 3.04. The van der Waals surface area contributed by atoms with E-state index in [-0.39, 0.29) is 24.3 Å². The van der Waals surface area contributed by atoms with Gasteiger partial charge in [-0.3, -0.25) is 0 Å². The van der Waals surface area contributed by atoms with Gasteiger partial charge in [0.2, 0.25) is 0 Å². The number of aldehydes is 1. The van der Waals surface area contributed by atoms with Gasteiger partial charge in [0.25, 0.3) is 0 Å². The van der Waals surface area contributed by atoms with Crippen LogP contribution in [0.2, 0.25) is 0 Å². The Labute approximate surface area is 71.8 Å². The molecule has 0 N–H and O–H groups in total. The number of rotatable bonds is 2. The number of carbonyl (C=O) groups excluding carboxylic acids is 1. The number of ether oxygens (including phenoxy) is 1. The second-order valence-corrected chi connectivity index (χ2v) is 5.34. The van der Waals surface area contributed by atoms with Crippen LogP contribution in [-0.2, 0) is 19.4 Å². The normalized spacial score (nSPS) is 26.4. The van der Waals surface area contributed by atoms with Crippen LogP contribution in [0.4, 0.5) is 0 Å². The zero-order chi connectivity index (χ0) is 9.24. The van der Waals surface area contributed by atoms with Gasteiger partial charge in [-0.15, -0.1) is 0 Å². The van der Waals surface area contributed by atoms with Crippen LogP contribution in [0.5, 0.6) is 0 Å². The molecule has 0 atom stereocenters. The van der Waals surface area contributed by atoms with Crippen molar-refractivity contribution in [1.29, 1.82) is 0 Å². The van der Waals surface area contributed by atoms with Gasteiger partial charge in [-0.1, -0.05) is 0 Å². The van der Waals surface area contributed by atoms with E-state index in [1.807, 2.05) is 0 Å². The Morgan fingerprint density at radius 1 is 1.33 bits per heavy atom. The average Bonchev–Trinajstić information content (AvgIpc) is 2.06. The molecule has 1 heterocycles. The van der Waals surface area contributed by atoms with Gasteiger partial charge in [0.05, 0.1) is 11.5 Å². The predicted octanol–water partition coefficient (Wildman–Crippen LogP) is -0.221. The molecule has 1 aliphatic rings. The Morgan fingerprint density at radius 2 is 1.83 bits per heavy atom. The molecular weight excluding hydrogens is 180 g/mol. The molecule has 1 fully saturated rings. The molecule has 0 aromatic rings. The minimum Gasteiger partial charge on any atom is -0.371 e. The first-order chi connectivity index (χ1) is 5.54. The Hall–Kier alpha value is -0.420. The van der Waals surface area contributed by atoms with Crippen LogP contribution in [0.15, 0.2) is 0 Å². The Balaban J connectivity index is 2.72. The van der Waals surface area contributed by atoms with Crippen LogP contribution in [-0.4, -0.2) is 38.9 Å². The minimum absolute atomic E-state index is 0.0551. The molecule has 1 aliphatic heterocycles. The van der Waals surface area contributed by atoms with Crippen molar-refractivity contribution in [3.63, 3.8) is 0 Å². The first-order valence-corrected chi connectivity index (χ1v) is 5.58. The second kappa shape index (κ2) is 3.14. The molecule has 0 aromatic heterocycles. The van der Waals surface area contributed by atoms with Gasteiger partial charge in [-0.2, -0.15) is 0 Å². The van der Waals surface area contributed by atoms with Crippen molar-refractivity contribution in [2.24, 2.45) is 0 Å². The lowest BCUT2D eigenvalue weighted by atomic mass is 9.99. The number of carbonyl (C=O) groups is 1. The highest BCUT2D eigenvalue weighted by molar-refractivity contribution is 7.91. The van der Waals surface area contributed by atoms with E-state index < -0.39 is 15.4 Å². The maximum Gasteiger partial charge on any atom is 0.151 e. The fourth-order valence-corrected chi connectivity index (χ4v) is 2.77. The molecule has 4 nitrogen and oxygen atoms in total. The van der Waals surface area contributed by atoms with Crippen LogP contribution in [0.1, 0.15) is 12.8 Å². The quantitative estimate of drug-likeness (QED) is 0.567. The third-order valence-corrected chi connectivity index (χ3v) is 3.95. The zero-order valence-electron chi connectivity index (χ0n) is 6.95. The lowest BCUT2D eigenvalue weighted by Crippen LogP contribution is -2.42. The highest BCUT2D eigenvalue weighted by Gasteiger charge is 2.36. The van der Waals surface area contributed by atoms with Crippen molar-refractivity contribution in [3.05, 3.63) is 0 Å². The van der Waals surface area contributed by atoms with Crippen LogP contribution < -0.4 is 0 Å². The summed E-state index contributed by atoms with van der Waals surface area (Å²) in [6.45, 7) is 0. The molecule has 70 valence electrons. The van der Waals surface area contributed by atoms with Crippen molar-refractivity contribution in [3.8, 4) is 0 Å². The highest BCUT2D eigenvalue weighted by atomic mass is 32.2. The number of hydrogen-bond donors (Lipinski definition) is 0. The molecule has 0 aromatic carbocycles. The minimum atomic E-state index is -2.91. The van der Waals surface area contributed by atoms with E-state index in [1.165, 1.54) is 7.11 Å². The first kappa shape index (κ1) is 9.67. The molecular formula is C7H12O4S. The van der Waals surface area contributed by atoms with E-state index in [9.17, 15) is 13.2 Å². The smallest absolute Gasteiger partial charge is 0.151 e. The summed E-state index contributed by atoms with van der Waals surface area (Å²) in [5.41, 5.74) is -0.842. The third-order valence-electron chi connectivity index (χ3n) is 2.29. The average molecular weight is 192 g/mol. The number of sulfone groups is 1. The van der Waals surface area contributed by atoms with Gasteiger partial charge >= 0.3 is 0 Å². The summed E-state index contributed by atoms with van der Waals surface area (Å²) >= 11 is 0. The summed E-state index contributed by atoms with van der Waals surface area (Å²) in [6.07, 6.45) is 1.28. The lowest BCUT2D eigenvalue weighted by Gasteiger charge is -2.29. The molecule has 0 amide bonds. The Bertz CT molecular complexity index is 253. The predicted molar refractivity (Wildman–Crippen MR) is 43.7 cm³/mol. The number of methoxy groups -OCH3 is 1. The lowest BCUT2D eigenvalue weighted by molar-refractivity contribution is -0.128. The molecule has 1 saturated heterocycles. The van der Waals surface area contributed by atoms with E-state index in [0.29, 0.717) is 6.29 Å². The van der Waals surface area contributed by atoms with Gasteiger partial charge < -0.3 is 9.53 Å². The summed E-state index contributed by atoms with van der Waals surface area (Å²) in [4.78, 5) is 10.6. The van der Waals surface area contributed by atoms with E-state index in [0.717, 1.165) is 0 Å². The molecule has 0 radical (unpaired) electrons. The van der Waals surface area contributed by atoms with Crippen molar-refractivity contribution < 1.29 is 17.9 Å². The molecule has 1 rings (SSSR count). The standard InChI is InChI=1S/C7H12O4S/c1-11-7(6-8)2-4-12(9,10)5-3-7/h6H,2-5H2,1H3. The van der Waals surface area contributed by atoms with Crippen LogP contribution in [0, 0.1) is 0 Å². The molecule has 0 spiro atoms. The maximum atomic E-state index is 11.0. The largest absolute Gasteiger partial charge is 0.371 e. The zero-order valence-corrected chi connectivity index (χ0v) is 7.76. The molecule has 5 heteroatoms. The van der Waals surface area contributed by atoms with Gasteiger partial charge in [-0.05, 0) is 12.8 Å². The van der Waals surface area contributed by atoms with Gasteiger partial charge in [-0.25, -0.2) is 8.42 Å². The summed E-state index contributed by atoms with van der Waals surface area (Å²) in [7, 11) is -1.48. The van der Waals surface area contributed by atoms with Crippen molar-refractivity contribution in [2.45, 2.75) is 18.4 Å². The molecule has 0 saturated carbocycles. The maximum absolute atomic E-state index is 11.0. The monoisotopic (exact) mass is 192 g/mol. The third kappa shape index (κ3) is 1.84. The van der Waals surface area contributed by atoms with Crippen LogP contribution in [0.25, 0.3) is 0 Å². The summed E-state index contributed by atoms with van der Waals surface area (Å²) in [6, 6.07) is 0. The molecule has 12 heavy (non-hydrogen) atoms. The Kier molecular flexibility index (Phi) is 2.53. The van der Waals surface area contributed by atoms with E-state index in [1.54, 1.807) is 0 Å². The van der Waals surface area contributed by atoms with Gasteiger partial charge in [0.1, 0.15) is 5.60 Å². The first-order valence-electron chi connectivity index (χ1n) is 3.75. The summed E-state index contributed by atoms with van der Waals surface area (Å²) in [5.74, 6) is 0.110. The SMILES string of the molecule is COC1(C=O)CCS(=O)(=O)CC1.